The van der Waals surface area contributed by atoms with E-state index in [-0.39, 0.29) is 23.6 Å². The van der Waals surface area contributed by atoms with E-state index in [0.717, 1.165) is 12.8 Å². The van der Waals surface area contributed by atoms with Crippen molar-refractivity contribution >= 4 is 10.9 Å². The molecule has 0 saturated carbocycles. The molecule has 1 aliphatic carbocycles. The fourth-order valence-electron chi connectivity index (χ4n) is 4.77. The fraction of sp³-hybridized carbons (Fsp3) is 0.500. The number of hydrogen-bond donors (Lipinski definition) is 3. The molecule has 2 bridgehead atoms. The number of para-hydroxylation sites is 1. The van der Waals surface area contributed by atoms with Crippen LogP contribution in [0.15, 0.2) is 42.1 Å². The summed E-state index contributed by atoms with van der Waals surface area (Å²) in [5.41, 5.74) is 3.82. The van der Waals surface area contributed by atoms with Gasteiger partial charge in [-0.2, -0.15) is 0 Å². The number of hydrogen-bond acceptors (Lipinski definition) is 2. The Morgan fingerprint density at radius 3 is 2.87 bits per heavy atom. The minimum atomic E-state index is -0.244. The third-order valence-electron chi connectivity index (χ3n) is 6.03. The van der Waals surface area contributed by atoms with E-state index >= 15 is 0 Å². The molecular weight excluding hydrogens is 284 g/mol. The highest BCUT2D eigenvalue weighted by atomic mass is 16.3. The van der Waals surface area contributed by atoms with Crippen LogP contribution >= 0.6 is 0 Å². The standard InChI is InChI=1S/C20H26N2O/c1-12-8-9-15-19(23)18(12)17(22-20(15,2)3)10-13-11-21-16-7-5-4-6-14(13)16/h4-8,11,15,17-19,21-23H,9-10H2,1-3H3. The Labute approximate surface area is 137 Å². The number of nitrogens with one attached hydrogen (secondary N) is 2. The Balaban J connectivity index is 1.70. The van der Waals surface area contributed by atoms with E-state index in [1.165, 1.54) is 22.0 Å². The molecule has 23 heavy (non-hydrogen) atoms. The zero-order chi connectivity index (χ0) is 16.2. The summed E-state index contributed by atoms with van der Waals surface area (Å²) in [4.78, 5) is 3.37. The van der Waals surface area contributed by atoms with Gasteiger partial charge in [0, 0.05) is 40.5 Å². The largest absolute Gasteiger partial charge is 0.392 e. The monoisotopic (exact) mass is 310 g/mol. The van der Waals surface area contributed by atoms with Crippen molar-refractivity contribution in [2.75, 3.05) is 0 Å². The second kappa shape index (κ2) is 5.22. The van der Waals surface area contributed by atoms with Crippen LogP contribution in [0, 0.1) is 11.8 Å². The number of aromatic nitrogens is 1. The summed E-state index contributed by atoms with van der Waals surface area (Å²) in [6.45, 7) is 6.63. The van der Waals surface area contributed by atoms with Crippen LogP contribution in [0.25, 0.3) is 10.9 Å². The fourth-order valence-corrected chi connectivity index (χ4v) is 4.77. The smallest absolute Gasteiger partial charge is 0.0668 e. The molecule has 2 aromatic rings. The number of fused-ring (bicyclic) bond motifs is 3. The van der Waals surface area contributed by atoms with Gasteiger partial charge in [0.25, 0.3) is 0 Å². The van der Waals surface area contributed by atoms with E-state index in [9.17, 15) is 5.11 Å². The predicted octanol–water partition coefficient (Wildman–Crippen LogP) is 3.40. The van der Waals surface area contributed by atoms with Crippen LogP contribution in [0.2, 0.25) is 0 Å². The number of aromatic amines is 1. The first-order chi connectivity index (χ1) is 11.0. The third-order valence-corrected chi connectivity index (χ3v) is 6.03. The summed E-state index contributed by atoms with van der Waals surface area (Å²) in [5.74, 6) is 0.519. The van der Waals surface area contributed by atoms with Crippen molar-refractivity contribution < 1.29 is 5.11 Å². The zero-order valence-corrected chi connectivity index (χ0v) is 14.1. The summed E-state index contributed by atoms with van der Waals surface area (Å²) in [6.07, 6.45) is 6.13. The number of H-pyrrole nitrogens is 1. The molecule has 0 spiro atoms. The van der Waals surface area contributed by atoms with E-state index in [1.54, 1.807) is 0 Å². The van der Waals surface area contributed by atoms with Crippen molar-refractivity contribution in [3.05, 3.63) is 47.7 Å². The third kappa shape index (κ3) is 2.34. The lowest BCUT2D eigenvalue weighted by atomic mass is 9.64. The molecule has 122 valence electrons. The Morgan fingerprint density at radius 1 is 1.26 bits per heavy atom. The van der Waals surface area contributed by atoms with Gasteiger partial charge in [-0.3, -0.25) is 0 Å². The first kappa shape index (κ1) is 15.0. The zero-order valence-electron chi connectivity index (χ0n) is 14.1. The van der Waals surface area contributed by atoms with Gasteiger partial charge in [0.1, 0.15) is 0 Å². The van der Waals surface area contributed by atoms with Crippen molar-refractivity contribution in [1.82, 2.24) is 10.3 Å². The summed E-state index contributed by atoms with van der Waals surface area (Å²) >= 11 is 0. The van der Waals surface area contributed by atoms with Gasteiger partial charge in [0.2, 0.25) is 0 Å². The van der Waals surface area contributed by atoms with Gasteiger partial charge in [-0.15, -0.1) is 0 Å². The maximum Gasteiger partial charge on any atom is 0.0668 e. The second-order valence-electron chi connectivity index (χ2n) is 7.84. The van der Waals surface area contributed by atoms with Crippen molar-refractivity contribution in [3.8, 4) is 0 Å². The van der Waals surface area contributed by atoms with Gasteiger partial charge >= 0.3 is 0 Å². The van der Waals surface area contributed by atoms with Crippen LogP contribution in [-0.2, 0) is 6.42 Å². The van der Waals surface area contributed by atoms with Gasteiger partial charge in [0.05, 0.1) is 6.10 Å². The molecule has 3 N–H and O–H groups in total. The Morgan fingerprint density at radius 2 is 2.04 bits per heavy atom. The summed E-state index contributed by atoms with van der Waals surface area (Å²) in [5, 5.41) is 16.1. The van der Waals surface area contributed by atoms with Gasteiger partial charge in [-0.1, -0.05) is 29.8 Å². The molecule has 0 amide bonds. The minimum absolute atomic E-state index is 0.0378. The van der Waals surface area contributed by atoms with E-state index < -0.39 is 0 Å². The van der Waals surface area contributed by atoms with Crippen LogP contribution in [0.4, 0.5) is 0 Å². The van der Waals surface area contributed by atoms with Crippen molar-refractivity contribution in [2.24, 2.45) is 11.8 Å². The molecular formula is C20H26N2O. The molecule has 1 aromatic carbocycles. The lowest BCUT2D eigenvalue weighted by Gasteiger charge is -2.53. The van der Waals surface area contributed by atoms with Crippen LogP contribution < -0.4 is 5.32 Å². The van der Waals surface area contributed by atoms with Crippen molar-refractivity contribution in [3.63, 3.8) is 0 Å². The topological polar surface area (TPSA) is 48.0 Å². The van der Waals surface area contributed by atoms with Gasteiger partial charge < -0.3 is 15.4 Å². The Kier molecular flexibility index (Phi) is 3.40. The number of aliphatic hydroxyl groups excluding tert-OH is 1. The minimum Gasteiger partial charge on any atom is -0.392 e. The van der Waals surface area contributed by atoms with Gasteiger partial charge in [-0.25, -0.2) is 0 Å². The number of aliphatic hydroxyl groups is 1. The highest BCUT2D eigenvalue weighted by Gasteiger charge is 2.49. The number of benzene rings is 1. The normalized spacial score (nSPS) is 32.8. The molecule has 0 radical (unpaired) electrons. The maximum absolute atomic E-state index is 10.9. The Bertz CT molecular complexity index is 758. The molecule has 1 saturated heterocycles. The summed E-state index contributed by atoms with van der Waals surface area (Å²) in [6, 6.07) is 8.72. The predicted molar refractivity (Wildman–Crippen MR) is 94.4 cm³/mol. The SMILES string of the molecule is CC1=CCC2C(O)C1C(Cc1c[nH]c3ccccc13)NC2(C)C. The Hall–Kier alpha value is -1.58. The van der Waals surface area contributed by atoms with E-state index in [2.05, 4.69) is 67.6 Å². The molecule has 2 heterocycles. The molecule has 4 rings (SSSR count). The highest BCUT2D eigenvalue weighted by Crippen LogP contribution is 2.43. The lowest BCUT2D eigenvalue weighted by molar-refractivity contribution is -0.0392. The molecule has 2 aliphatic rings. The average molecular weight is 310 g/mol. The maximum atomic E-state index is 10.9. The van der Waals surface area contributed by atoms with Gasteiger partial charge in [-0.05, 0) is 45.2 Å². The molecule has 4 atom stereocenters. The van der Waals surface area contributed by atoms with Crippen molar-refractivity contribution in [1.29, 1.82) is 0 Å². The summed E-state index contributed by atoms with van der Waals surface area (Å²) < 4.78 is 0. The molecule has 3 nitrogen and oxygen atoms in total. The van der Waals surface area contributed by atoms with Crippen molar-refractivity contribution in [2.45, 2.75) is 51.3 Å². The van der Waals surface area contributed by atoms with E-state index in [1.807, 2.05) is 0 Å². The van der Waals surface area contributed by atoms with E-state index in [4.69, 9.17) is 0 Å². The summed E-state index contributed by atoms with van der Waals surface area (Å²) in [7, 11) is 0. The lowest BCUT2D eigenvalue weighted by Crippen LogP contribution is -2.66. The van der Waals surface area contributed by atoms with Crippen LogP contribution in [0.5, 0.6) is 0 Å². The quantitative estimate of drug-likeness (QED) is 0.745. The van der Waals surface area contributed by atoms with Crippen LogP contribution in [-0.4, -0.2) is 27.8 Å². The average Bonchev–Trinajstić information content (AvgIpc) is 2.89. The number of allylic oxidation sites excluding steroid dienone is 1. The van der Waals surface area contributed by atoms with E-state index in [0.29, 0.717) is 5.92 Å². The second-order valence-corrected chi connectivity index (χ2v) is 7.84. The highest BCUT2D eigenvalue weighted by molar-refractivity contribution is 5.83. The van der Waals surface area contributed by atoms with Crippen LogP contribution in [0.1, 0.15) is 32.8 Å². The first-order valence-corrected chi connectivity index (χ1v) is 8.65. The molecule has 4 unspecified atom stereocenters. The van der Waals surface area contributed by atoms with Gasteiger partial charge in [0.15, 0.2) is 0 Å². The molecule has 3 heteroatoms. The number of piperidine rings is 1. The molecule has 1 aliphatic heterocycles. The first-order valence-electron chi connectivity index (χ1n) is 8.65. The molecule has 1 aromatic heterocycles. The molecule has 1 fully saturated rings. The number of rotatable bonds is 2. The van der Waals surface area contributed by atoms with Crippen LogP contribution in [0.3, 0.4) is 0 Å².